The molecule has 1 saturated heterocycles. The number of hydrogen-bond acceptors (Lipinski definition) is 3. The number of nitrogens with one attached hydrogen (secondary N) is 1. The lowest BCUT2D eigenvalue weighted by Gasteiger charge is -2.34. The van der Waals surface area contributed by atoms with Crippen LogP contribution in [0.5, 0.6) is 0 Å². The summed E-state index contributed by atoms with van der Waals surface area (Å²) in [5, 5.41) is 2.66. The lowest BCUT2D eigenvalue weighted by atomic mass is 10.2. The predicted octanol–water partition coefficient (Wildman–Crippen LogP) is 1.48. The molecule has 0 unspecified atom stereocenters. The summed E-state index contributed by atoms with van der Waals surface area (Å²) in [6, 6.07) is 0. The highest BCUT2D eigenvalue weighted by Crippen LogP contribution is 2.05. The minimum Gasteiger partial charge on any atom is -0.359 e. The van der Waals surface area contributed by atoms with Gasteiger partial charge in [0.1, 0.15) is 0 Å². The molecule has 20 heavy (non-hydrogen) atoms. The maximum absolute atomic E-state index is 11.7. The maximum Gasteiger partial charge on any atom is 0.222 e. The number of piperazine rings is 1. The summed E-state index contributed by atoms with van der Waals surface area (Å²) in [6.45, 7) is 11.6. The van der Waals surface area contributed by atoms with Gasteiger partial charge >= 0.3 is 0 Å². The Morgan fingerprint density at radius 1 is 1.15 bits per heavy atom. The van der Waals surface area contributed by atoms with Gasteiger partial charge in [-0.3, -0.25) is 14.5 Å². The third-order valence-electron chi connectivity index (χ3n) is 3.07. The summed E-state index contributed by atoms with van der Waals surface area (Å²) in [7, 11) is 0. The van der Waals surface area contributed by atoms with Crippen LogP contribution in [0.4, 0.5) is 0 Å². The van der Waals surface area contributed by atoms with Crippen LogP contribution in [0.25, 0.3) is 0 Å². The molecular formula is C15H31N3O2. The van der Waals surface area contributed by atoms with E-state index in [0.717, 1.165) is 58.5 Å². The van der Waals surface area contributed by atoms with Crippen molar-refractivity contribution in [2.45, 2.75) is 46.5 Å². The van der Waals surface area contributed by atoms with Gasteiger partial charge in [0, 0.05) is 39.1 Å². The highest BCUT2D eigenvalue weighted by atomic mass is 16.2. The minimum atomic E-state index is 0.287. The average Bonchev–Trinajstić information content (AvgIpc) is 2.45. The Labute approximate surface area is 123 Å². The highest BCUT2D eigenvalue weighted by Gasteiger charge is 2.19. The van der Waals surface area contributed by atoms with E-state index in [4.69, 9.17) is 0 Å². The molecule has 0 aromatic carbocycles. The van der Waals surface area contributed by atoms with Crippen LogP contribution >= 0.6 is 0 Å². The third kappa shape index (κ3) is 8.91. The van der Waals surface area contributed by atoms with Crippen LogP contribution in [-0.4, -0.2) is 61.4 Å². The Morgan fingerprint density at radius 2 is 1.75 bits per heavy atom. The maximum atomic E-state index is 11.7. The number of nitrogens with zero attached hydrogens (tertiary/aromatic N) is 2. The topological polar surface area (TPSA) is 52.7 Å². The number of rotatable bonds is 7. The fourth-order valence-electron chi connectivity index (χ4n) is 2.06. The molecule has 0 spiro atoms. The van der Waals surface area contributed by atoms with Gasteiger partial charge < -0.3 is 10.2 Å². The molecule has 5 heteroatoms. The molecule has 1 rings (SSSR count). The Kier molecular flexibility index (Phi) is 12.2. The van der Waals surface area contributed by atoms with Crippen molar-refractivity contribution in [1.29, 1.82) is 0 Å². The van der Waals surface area contributed by atoms with E-state index in [1.54, 1.807) is 0 Å². The first-order valence-electron chi connectivity index (χ1n) is 7.86. The Bertz CT molecular complexity index is 252. The van der Waals surface area contributed by atoms with Crippen LogP contribution in [0.15, 0.2) is 0 Å². The van der Waals surface area contributed by atoms with E-state index >= 15 is 0 Å². The molecule has 0 saturated carbocycles. The molecular weight excluding hydrogens is 254 g/mol. The molecule has 1 fully saturated rings. The van der Waals surface area contributed by atoms with E-state index < -0.39 is 0 Å². The van der Waals surface area contributed by atoms with Gasteiger partial charge in [-0.05, 0) is 19.4 Å². The second-order valence-corrected chi connectivity index (χ2v) is 5.11. The van der Waals surface area contributed by atoms with Crippen molar-refractivity contribution >= 4 is 12.3 Å². The van der Waals surface area contributed by atoms with Gasteiger partial charge in [0.05, 0.1) is 0 Å². The van der Waals surface area contributed by atoms with Crippen LogP contribution in [-0.2, 0) is 9.59 Å². The fraction of sp³-hybridized carbons (Fsp3) is 0.867. The molecule has 0 radical (unpaired) electrons. The van der Waals surface area contributed by atoms with Crippen LogP contribution in [0.1, 0.15) is 46.5 Å². The van der Waals surface area contributed by atoms with Crippen molar-refractivity contribution in [3.8, 4) is 0 Å². The molecule has 5 nitrogen and oxygen atoms in total. The van der Waals surface area contributed by atoms with Gasteiger partial charge in [-0.2, -0.15) is 0 Å². The van der Waals surface area contributed by atoms with Crippen molar-refractivity contribution in [3.05, 3.63) is 0 Å². The van der Waals surface area contributed by atoms with Gasteiger partial charge in [-0.25, -0.2) is 0 Å². The quantitative estimate of drug-likeness (QED) is 0.569. The van der Waals surface area contributed by atoms with Crippen molar-refractivity contribution in [1.82, 2.24) is 15.1 Å². The van der Waals surface area contributed by atoms with Crippen molar-refractivity contribution in [2.75, 3.05) is 39.3 Å². The SMILES string of the molecule is CCC.CCCC(=O)N1CCN(CCCNC=O)CC1. The van der Waals surface area contributed by atoms with Crippen molar-refractivity contribution < 1.29 is 9.59 Å². The first-order chi connectivity index (χ1) is 9.69. The molecule has 1 aliphatic rings. The number of hydrogen-bond donors (Lipinski definition) is 1. The van der Waals surface area contributed by atoms with Gasteiger partial charge in [0.2, 0.25) is 12.3 Å². The molecule has 118 valence electrons. The van der Waals surface area contributed by atoms with Crippen LogP contribution in [0, 0.1) is 0 Å². The first kappa shape index (κ1) is 18.9. The zero-order valence-electron chi connectivity index (χ0n) is 13.4. The van der Waals surface area contributed by atoms with Gasteiger partial charge in [-0.1, -0.05) is 27.2 Å². The number of carbonyl (C=O) groups excluding carboxylic acids is 2. The van der Waals surface area contributed by atoms with Crippen molar-refractivity contribution in [3.63, 3.8) is 0 Å². The fourth-order valence-corrected chi connectivity index (χ4v) is 2.06. The molecule has 0 bridgehead atoms. The number of amides is 2. The van der Waals surface area contributed by atoms with E-state index in [0.29, 0.717) is 6.42 Å². The predicted molar refractivity (Wildman–Crippen MR) is 82.6 cm³/mol. The van der Waals surface area contributed by atoms with E-state index in [9.17, 15) is 9.59 Å². The summed E-state index contributed by atoms with van der Waals surface area (Å²) >= 11 is 0. The van der Waals surface area contributed by atoms with E-state index in [2.05, 4.69) is 24.1 Å². The lowest BCUT2D eigenvalue weighted by Crippen LogP contribution is -2.49. The standard InChI is InChI=1S/C12H23N3O2.C3H8/c1-2-4-12(17)15-9-7-14(8-10-15)6-3-5-13-11-16;1-3-2/h11H,2-10H2,1H3,(H,13,16);3H2,1-2H3. The smallest absolute Gasteiger partial charge is 0.222 e. The summed E-state index contributed by atoms with van der Waals surface area (Å²) in [4.78, 5) is 26.0. The van der Waals surface area contributed by atoms with E-state index in [-0.39, 0.29) is 5.91 Å². The summed E-state index contributed by atoms with van der Waals surface area (Å²) < 4.78 is 0. The normalized spacial score (nSPS) is 15.2. The average molecular weight is 285 g/mol. The van der Waals surface area contributed by atoms with Crippen LogP contribution < -0.4 is 5.32 Å². The monoisotopic (exact) mass is 285 g/mol. The molecule has 1 heterocycles. The van der Waals surface area contributed by atoms with Crippen molar-refractivity contribution in [2.24, 2.45) is 0 Å². The zero-order valence-corrected chi connectivity index (χ0v) is 13.4. The van der Waals surface area contributed by atoms with Crippen LogP contribution in [0.2, 0.25) is 0 Å². The third-order valence-corrected chi connectivity index (χ3v) is 3.07. The highest BCUT2D eigenvalue weighted by molar-refractivity contribution is 5.76. The molecule has 0 aromatic heterocycles. The minimum absolute atomic E-state index is 0.287. The van der Waals surface area contributed by atoms with Crippen LogP contribution in [0.3, 0.4) is 0 Å². The zero-order chi connectivity index (χ0) is 15.2. The van der Waals surface area contributed by atoms with Gasteiger partial charge in [0.15, 0.2) is 0 Å². The second kappa shape index (κ2) is 12.9. The Morgan fingerprint density at radius 3 is 2.25 bits per heavy atom. The van der Waals surface area contributed by atoms with Gasteiger partial charge in [0.25, 0.3) is 0 Å². The second-order valence-electron chi connectivity index (χ2n) is 5.11. The first-order valence-corrected chi connectivity index (χ1v) is 7.86. The summed E-state index contributed by atoms with van der Waals surface area (Å²) in [5.74, 6) is 0.287. The molecule has 1 N–H and O–H groups in total. The summed E-state index contributed by atoms with van der Waals surface area (Å²) in [5.41, 5.74) is 0. The number of carbonyl (C=O) groups is 2. The molecule has 1 aliphatic heterocycles. The van der Waals surface area contributed by atoms with Gasteiger partial charge in [-0.15, -0.1) is 0 Å². The Hall–Kier alpha value is -1.10. The largest absolute Gasteiger partial charge is 0.359 e. The molecule has 2 amide bonds. The summed E-state index contributed by atoms with van der Waals surface area (Å²) in [6.07, 6.45) is 4.56. The van der Waals surface area contributed by atoms with E-state index in [1.807, 2.05) is 11.8 Å². The molecule has 0 aromatic rings. The molecule has 0 aliphatic carbocycles. The molecule has 0 atom stereocenters. The Balaban J connectivity index is 0.00000110. The van der Waals surface area contributed by atoms with E-state index in [1.165, 1.54) is 6.42 Å². The lowest BCUT2D eigenvalue weighted by molar-refractivity contribution is -0.133.